The fraction of sp³-hybridized carbons (Fsp3) is 0.500. The maximum Gasteiger partial charge on any atom is 0.225 e. The van der Waals surface area contributed by atoms with Crippen molar-refractivity contribution in [3.8, 4) is 5.88 Å². The van der Waals surface area contributed by atoms with E-state index in [2.05, 4.69) is 15.6 Å². The molecular formula is C12H19N3O2. The van der Waals surface area contributed by atoms with Gasteiger partial charge in [-0.05, 0) is 6.07 Å². The molecule has 2 N–H and O–H groups in total. The minimum atomic E-state index is -0.0230. The third-order valence-electron chi connectivity index (χ3n) is 2.13. The number of rotatable bonds is 6. The number of ether oxygens (including phenoxy) is 1. The van der Waals surface area contributed by atoms with E-state index in [1.165, 1.54) is 0 Å². The number of hydrogen-bond donors (Lipinski definition) is 2. The number of hydrogen-bond acceptors (Lipinski definition) is 4. The number of pyridine rings is 1. The Kier molecular flexibility index (Phi) is 5.42. The van der Waals surface area contributed by atoms with Crippen LogP contribution in [0.1, 0.15) is 20.3 Å². The largest absolute Gasteiger partial charge is 0.481 e. The van der Waals surface area contributed by atoms with Gasteiger partial charge in [0.15, 0.2) is 0 Å². The molecule has 0 fully saturated rings. The first-order chi connectivity index (χ1) is 8.11. The van der Waals surface area contributed by atoms with Gasteiger partial charge in [0.1, 0.15) is 0 Å². The van der Waals surface area contributed by atoms with Crippen LogP contribution in [-0.2, 0) is 4.79 Å². The molecule has 0 spiro atoms. The molecule has 0 aliphatic heterocycles. The molecule has 1 heterocycles. The van der Waals surface area contributed by atoms with Crippen LogP contribution in [0.4, 0.5) is 5.69 Å². The Morgan fingerprint density at radius 2 is 2.24 bits per heavy atom. The molecule has 0 atom stereocenters. The van der Waals surface area contributed by atoms with Gasteiger partial charge < -0.3 is 15.4 Å². The number of nitrogens with zero attached hydrogens (tertiary/aromatic N) is 1. The third kappa shape index (κ3) is 5.31. The van der Waals surface area contributed by atoms with E-state index in [4.69, 9.17) is 4.74 Å². The number of aromatic nitrogens is 1. The van der Waals surface area contributed by atoms with E-state index in [1.54, 1.807) is 25.4 Å². The van der Waals surface area contributed by atoms with Crippen molar-refractivity contribution in [3.63, 3.8) is 0 Å². The Morgan fingerprint density at radius 1 is 1.47 bits per heavy atom. The molecule has 94 valence electrons. The van der Waals surface area contributed by atoms with Crippen molar-refractivity contribution >= 4 is 11.6 Å². The van der Waals surface area contributed by atoms with Crippen molar-refractivity contribution in [1.29, 1.82) is 0 Å². The molecule has 1 aromatic heterocycles. The molecule has 0 aromatic carbocycles. The summed E-state index contributed by atoms with van der Waals surface area (Å²) in [5.41, 5.74) is 0.681. The Labute approximate surface area is 102 Å². The Morgan fingerprint density at radius 3 is 2.76 bits per heavy atom. The van der Waals surface area contributed by atoms with Crippen molar-refractivity contribution in [2.75, 3.05) is 19.0 Å². The van der Waals surface area contributed by atoms with E-state index >= 15 is 0 Å². The predicted octanol–water partition coefficient (Wildman–Crippen LogP) is 1.42. The van der Waals surface area contributed by atoms with E-state index in [0.717, 1.165) is 0 Å². The first-order valence-electron chi connectivity index (χ1n) is 5.65. The van der Waals surface area contributed by atoms with E-state index in [0.29, 0.717) is 30.6 Å². The maximum atomic E-state index is 11.5. The first kappa shape index (κ1) is 13.4. The van der Waals surface area contributed by atoms with Gasteiger partial charge in [0.2, 0.25) is 11.8 Å². The summed E-state index contributed by atoms with van der Waals surface area (Å²) >= 11 is 0. The zero-order valence-corrected chi connectivity index (χ0v) is 10.5. The molecule has 17 heavy (non-hydrogen) atoms. The molecule has 0 aliphatic carbocycles. The van der Waals surface area contributed by atoms with E-state index < -0.39 is 0 Å². The topological polar surface area (TPSA) is 63.2 Å². The molecular weight excluding hydrogens is 218 g/mol. The van der Waals surface area contributed by atoms with Crippen molar-refractivity contribution in [2.45, 2.75) is 26.3 Å². The van der Waals surface area contributed by atoms with Crippen LogP contribution >= 0.6 is 0 Å². The molecule has 1 amide bonds. The second kappa shape index (κ2) is 6.85. The molecule has 0 saturated carbocycles. The fourth-order valence-corrected chi connectivity index (χ4v) is 1.27. The summed E-state index contributed by atoms with van der Waals surface area (Å²) < 4.78 is 4.93. The van der Waals surface area contributed by atoms with Gasteiger partial charge in [-0.25, -0.2) is 4.98 Å². The van der Waals surface area contributed by atoms with Gasteiger partial charge in [0.05, 0.1) is 19.0 Å². The van der Waals surface area contributed by atoms with Crippen LogP contribution < -0.4 is 15.4 Å². The highest BCUT2D eigenvalue weighted by atomic mass is 16.5. The monoisotopic (exact) mass is 237 g/mol. The zero-order valence-electron chi connectivity index (χ0n) is 10.5. The molecule has 0 radical (unpaired) electrons. The molecule has 1 aromatic rings. The van der Waals surface area contributed by atoms with Crippen molar-refractivity contribution < 1.29 is 9.53 Å². The summed E-state index contributed by atoms with van der Waals surface area (Å²) in [6.07, 6.45) is 2.02. The Bertz CT molecular complexity index is 349. The minimum absolute atomic E-state index is 0.0230. The summed E-state index contributed by atoms with van der Waals surface area (Å²) in [7, 11) is 1.55. The van der Waals surface area contributed by atoms with Crippen LogP contribution in [0.2, 0.25) is 0 Å². The molecule has 0 unspecified atom stereocenters. The number of methoxy groups -OCH3 is 1. The van der Waals surface area contributed by atoms with Crippen LogP contribution in [-0.4, -0.2) is 30.6 Å². The van der Waals surface area contributed by atoms with E-state index in [9.17, 15) is 4.79 Å². The molecule has 0 aliphatic rings. The standard InChI is InChI=1S/C12H19N3O2/c1-9(2)13-7-6-11(16)15-10-4-5-12(17-3)14-8-10/h4-5,8-9,13H,6-7H2,1-3H3,(H,15,16). The number of amides is 1. The lowest BCUT2D eigenvalue weighted by Crippen LogP contribution is -2.27. The second-order valence-corrected chi connectivity index (χ2v) is 4.00. The second-order valence-electron chi connectivity index (χ2n) is 4.00. The van der Waals surface area contributed by atoms with Crippen molar-refractivity contribution in [1.82, 2.24) is 10.3 Å². The third-order valence-corrected chi connectivity index (χ3v) is 2.13. The van der Waals surface area contributed by atoms with Gasteiger partial charge in [0, 0.05) is 25.1 Å². The van der Waals surface area contributed by atoms with Gasteiger partial charge in [0.25, 0.3) is 0 Å². The average Bonchev–Trinajstić information content (AvgIpc) is 2.29. The number of carbonyl (C=O) groups excluding carboxylic acids is 1. The summed E-state index contributed by atoms with van der Waals surface area (Å²) in [6, 6.07) is 3.87. The first-order valence-corrected chi connectivity index (χ1v) is 5.65. The van der Waals surface area contributed by atoms with Crippen LogP contribution in [0, 0.1) is 0 Å². The van der Waals surface area contributed by atoms with Gasteiger partial charge in [-0.15, -0.1) is 0 Å². The fourth-order valence-electron chi connectivity index (χ4n) is 1.27. The summed E-state index contributed by atoms with van der Waals surface area (Å²) in [4.78, 5) is 15.5. The molecule has 5 nitrogen and oxygen atoms in total. The predicted molar refractivity (Wildman–Crippen MR) is 67.2 cm³/mol. The van der Waals surface area contributed by atoms with E-state index in [1.807, 2.05) is 13.8 Å². The Balaban J connectivity index is 2.34. The zero-order chi connectivity index (χ0) is 12.7. The molecule has 5 heteroatoms. The van der Waals surface area contributed by atoms with Gasteiger partial charge >= 0.3 is 0 Å². The summed E-state index contributed by atoms with van der Waals surface area (Å²) in [6.45, 7) is 4.77. The summed E-state index contributed by atoms with van der Waals surface area (Å²) in [5.74, 6) is 0.509. The minimum Gasteiger partial charge on any atom is -0.481 e. The lowest BCUT2D eigenvalue weighted by molar-refractivity contribution is -0.116. The van der Waals surface area contributed by atoms with Crippen LogP contribution in [0.25, 0.3) is 0 Å². The number of anilines is 1. The van der Waals surface area contributed by atoms with Gasteiger partial charge in [-0.2, -0.15) is 0 Å². The smallest absolute Gasteiger partial charge is 0.225 e. The summed E-state index contributed by atoms with van der Waals surface area (Å²) in [5, 5.41) is 5.95. The van der Waals surface area contributed by atoms with Gasteiger partial charge in [-0.1, -0.05) is 13.8 Å². The molecule has 0 saturated heterocycles. The van der Waals surface area contributed by atoms with Crippen molar-refractivity contribution in [3.05, 3.63) is 18.3 Å². The lowest BCUT2D eigenvalue weighted by Gasteiger charge is -2.08. The van der Waals surface area contributed by atoms with Crippen molar-refractivity contribution in [2.24, 2.45) is 0 Å². The maximum absolute atomic E-state index is 11.5. The van der Waals surface area contributed by atoms with Crippen LogP contribution in [0.15, 0.2) is 18.3 Å². The quantitative estimate of drug-likeness (QED) is 0.785. The molecule has 1 rings (SSSR count). The van der Waals surface area contributed by atoms with Crippen LogP contribution in [0.5, 0.6) is 5.88 Å². The Hall–Kier alpha value is -1.62. The number of carbonyl (C=O) groups is 1. The average molecular weight is 237 g/mol. The highest BCUT2D eigenvalue weighted by Gasteiger charge is 2.03. The lowest BCUT2D eigenvalue weighted by atomic mass is 10.3. The highest BCUT2D eigenvalue weighted by molar-refractivity contribution is 5.90. The van der Waals surface area contributed by atoms with Crippen LogP contribution in [0.3, 0.4) is 0 Å². The number of nitrogens with one attached hydrogen (secondary N) is 2. The van der Waals surface area contributed by atoms with Gasteiger partial charge in [-0.3, -0.25) is 4.79 Å². The highest BCUT2D eigenvalue weighted by Crippen LogP contribution is 2.10. The molecule has 0 bridgehead atoms. The normalized spacial score (nSPS) is 10.4. The SMILES string of the molecule is COc1ccc(NC(=O)CCNC(C)C)cn1. The van der Waals surface area contributed by atoms with E-state index in [-0.39, 0.29) is 5.91 Å².